The zero-order chi connectivity index (χ0) is 13.7. The molecule has 0 heterocycles. The van der Waals surface area contributed by atoms with Gasteiger partial charge in [0.15, 0.2) is 0 Å². The van der Waals surface area contributed by atoms with Gasteiger partial charge >= 0.3 is 0 Å². The standard InChI is InChI=1S/C15H34N2/c1-9-10-12-17(8)15(5,6)11-13-16(7)14(2,3)4/h9-13H2,1-8H3. The smallest absolute Gasteiger partial charge is 0.0162 e. The van der Waals surface area contributed by atoms with Crippen molar-refractivity contribution in [2.75, 3.05) is 27.2 Å². The van der Waals surface area contributed by atoms with Crippen LogP contribution in [0.1, 0.15) is 60.8 Å². The molecular weight excluding hydrogens is 208 g/mol. The van der Waals surface area contributed by atoms with Crippen LogP contribution in [-0.4, -0.2) is 48.1 Å². The van der Waals surface area contributed by atoms with E-state index < -0.39 is 0 Å². The van der Waals surface area contributed by atoms with E-state index in [1.54, 1.807) is 0 Å². The number of hydrogen-bond acceptors (Lipinski definition) is 2. The Morgan fingerprint density at radius 2 is 1.35 bits per heavy atom. The molecule has 0 atom stereocenters. The Labute approximate surface area is 109 Å². The predicted molar refractivity (Wildman–Crippen MR) is 78.6 cm³/mol. The maximum atomic E-state index is 2.51. The van der Waals surface area contributed by atoms with E-state index in [-0.39, 0.29) is 5.54 Å². The molecule has 0 N–H and O–H groups in total. The Kier molecular flexibility index (Phi) is 6.71. The second-order valence-electron chi connectivity index (χ2n) is 6.93. The second kappa shape index (κ2) is 6.75. The SMILES string of the molecule is CCCCN(C)C(C)(C)CCN(C)C(C)(C)C. The van der Waals surface area contributed by atoms with Crippen LogP contribution in [-0.2, 0) is 0 Å². The number of nitrogens with zero attached hydrogens (tertiary/aromatic N) is 2. The minimum Gasteiger partial charge on any atom is -0.301 e. The number of unbranched alkanes of at least 4 members (excludes halogenated alkanes) is 1. The van der Waals surface area contributed by atoms with Gasteiger partial charge in [-0.05, 0) is 68.1 Å². The lowest BCUT2D eigenvalue weighted by Gasteiger charge is -2.39. The van der Waals surface area contributed by atoms with Crippen molar-refractivity contribution in [3.8, 4) is 0 Å². The van der Waals surface area contributed by atoms with Gasteiger partial charge in [0.25, 0.3) is 0 Å². The Bertz CT molecular complexity index is 203. The Hall–Kier alpha value is -0.0800. The monoisotopic (exact) mass is 242 g/mol. The lowest BCUT2D eigenvalue weighted by molar-refractivity contribution is 0.102. The molecule has 0 fully saturated rings. The van der Waals surface area contributed by atoms with E-state index in [0.29, 0.717) is 5.54 Å². The highest BCUT2D eigenvalue weighted by molar-refractivity contribution is 4.82. The quantitative estimate of drug-likeness (QED) is 0.673. The van der Waals surface area contributed by atoms with E-state index in [4.69, 9.17) is 0 Å². The largest absolute Gasteiger partial charge is 0.301 e. The summed E-state index contributed by atoms with van der Waals surface area (Å²) in [6.45, 7) is 16.2. The van der Waals surface area contributed by atoms with Crippen LogP contribution < -0.4 is 0 Å². The van der Waals surface area contributed by atoms with Gasteiger partial charge in [0, 0.05) is 17.6 Å². The summed E-state index contributed by atoms with van der Waals surface area (Å²) >= 11 is 0. The summed E-state index contributed by atoms with van der Waals surface area (Å²) in [5, 5.41) is 0. The van der Waals surface area contributed by atoms with Gasteiger partial charge in [-0.25, -0.2) is 0 Å². The molecule has 0 saturated heterocycles. The summed E-state index contributed by atoms with van der Waals surface area (Å²) in [6, 6.07) is 0. The van der Waals surface area contributed by atoms with Crippen molar-refractivity contribution in [2.24, 2.45) is 0 Å². The fraction of sp³-hybridized carbons (Fsp3) is 1.00. The third kappa shape index (κ3) is 6.42. The second-order valence-corrected chi connectivity index (χ2v) is 6.93. The van der Waals surface area contributed by atoms with Gasteiger partial charge in [0.1, 0.15) is 0 Å². The van der Waals surface area contributed by atoms with Gasteiger partial charge in [-0.3, -0.25) is 0 Å². The van der Waals surface area contributed by atoms with Gasteiger partial charge in [0.2, 0.25) is 0 Å². The zero-order valence-corrected chi connectivity index (χ0v) is 13.4. The van der Waals surface area contributed by atoms with Crippen LogP contribution in [0.2, 0.25) is 0 Å². The number of hydrogen-bond donors (Lipinski definition) is 0. The summed E-state index contributed by atoms with van der Waals surface area (Å²) < 4.78 is 0. The molecule has 0 aromatic rings. The van der Waals surface area contributed by atoms with Crippen LogP contribution in [0.25, 0.3) is 0 Å². The van der Waals surface area contributed by atoms with E-state index in [0.717, 1.165) is 6.54 Å². The van der Waals surface area contributed by atoms with Crippen molar-refractivity contribution < 1.29 is 0 Å². The fourth-order valence-corrected chi connectivity index (χ4v) is 1.67. The van der Waals surface area contributed by atoms with Gasteiger partial charge < -0.3 is 9.80 Å². The summed E-state index contributed by atoms with van der Waals surface area (Å²) in [7, 11) is 4.48. The van der Waals surface area contributed by atoms with Gasteiger partial charge in [-0.1, -0.05) is 13.3 Å². The first-order chi connectivity index (χ1) is 7.61. The van der Waals surface area contributed by atoms with E-state index in [1.807, 2.05) is 0 Å². The summed E-state index contributed by atoms with van der Waals surface area (Å²) in [5.41, 5.74) is 0.576. The van der Waals surface area contributed by atoms with E-state index in [2.05, 4.69) is 65.4 Å². The highest BCUT2D eigenvalue weighted by Crippen LogP contribution is 2.20. The van der Waals surface area contributed by atoms with Gasteiger partial charge in [0.05, 0.1) is 0 Å². The summed E-state index contributed by atoms with van der Waals surface area (Å²) in [4.78, 5) is 4.95. The first-order valence-electron chi connectivity index (χ1n) is 7.03. The van der Waals surface area contributed by atoms with Crippen LogP contribution in [0.3, 0.4) is 0 Å². The van der Waals surface area contributed by atoms with Crippen LogP contribution in [0.5, 0.6) is 0 Å². The van der Waals surface area contributed by atoms with Crippen molar-refractivity contribution >= 4 is 0 Å². The first-order valence-corrected chi connectivity index (χ1v) is 7.03. The molecule has 0 amide bonds. The summed E-state index contributed by atoms with van der Waals surface area (Å²) in [5.74, 6) is 0. The molecule has 104 valence electrons. The van der Waals surface area contributed by atoms with Crippen LogP contribution in [0.15, 0.2) is 0 Å². The van der Waals surface area contributed by atoms with Crippen molar-refractivity contribution in [3.63, 3.8) is 0 Å². The average Bonchev–Trinajstić information content (AvgIpc) is 2.20. The first kappa shape index (κ1) is 16.9. The molecule has 0 aromatic carbocycles. The average molecular weight is 242 g/mol. The minimum atomic E-state index is 0.276. The van der Waals surface area contributed by atoms with E-state index in [1.165, 1.54) is 25.8 Å². The molecule has 0 saturated carbocycles. The van der Waals surface area contributed by atoms with Crippen molar-refractivity contribution in [1.29, 1.82) is 0 Å². The van der Waals surface area contributed by atoms with E-state index in [9.17, 15) is 0 Å². The third-order valence-corrected chi connectivity index (χ3v) is 4.08. The molecular formula is C15H34N2. The predicted octanol–water partition coefficient (Wildman–Crippen LogP) is 3.62. The molecule has 0 aliphatic carbocycles. The molecule has 0 radical (unpaired) electrons. The topological polar surface area (TPSA) is 6.48 Å². The molecule has 0 unspecified atom stereocenters. The molecule has 0 spiro atoms. The van der Waals surface area contributed by atoms with Crippen molar-refractivity contribution in [2.45, 2.75) is 71.9 Å². The lowest BCUT2D eigenvalue weighted by Crippen LogP contribution is -2.46. The molecule has 0 aliphatic heterocycles. The highest BCUT2D eigenvalue weighted by atomic mass is 15.2. The Morgan fingerprint density at radius 1 is 0.824 bits per heavy atom. The minimum absolute atomic E-state index is 0.276. The molecule has 0 bridgehead atoms. The van der Waals surface area contributed by atoms with Crippen molar-refractivity contribution in [3.05, 3.63) is 0 Å². The van der Waals surface area contributed by atoms with Gasteiger partial charge in [-0.15, -0.1) is 0 Å². The highest BCUT2D eigenvalue weighted by Gasteiger charge is 2.25. The zero-order valence-electron chi connectivity index (χ0n) is 13.4. The van der Waals surface area contributed by atoms with Crippen LogP contribution in [0, 0.1) is 0 Å². The normalized spacial score (nSPS) is 13.8. The van der Waals surface area contributed by atoms with Crippen molar-refractivity contribution in [1.82, 2.24) is 9.80 Å². The molecule has 17 heavy (non-hydrogen) atoms. The maximum Gasteiger partial charge on any atom is 0.0162 e. The van der Waals surface area contributed by atoms with E-state index >= 15 is 0 Å². The molecule has 0 aliphatic rings. The Morgan fingerprint density at radius 3 is 1.76 bits per heavy atom. The maximum absolute atomic E-state index is 2.51. The molecule has 2 heteroatoms. The molecule has 0 rings (SSSR count). The third-order valence-electron chi connectivity index (χ3n) is 4.08. The fourth-order valence-electron chi connectivity index (χ4n) is 1.67. The van der Waals surface area contributed by atoms with Crippen LogP contribution >= 0.6 is 0 Å². The summed E-state index contributed by atoms with van der Waals surface area (Å²) in [6.07, 6.45) is 3.80. The van der Waals surface area contributed by atoms with Crippen LogP contribution in [0.4, 0.5) is 0 Å². The lowest BCUT2D eigenvalue weighted by atomic mass is 9.96. The number of rotatable bonds is 7. The Balaban J connectivity index is 4.16. The van der Waals surface area contributed by atoms with Gasteiger partial charge in [-0.2, -0.15) is 0 Å². The molecule has 2 nitrogen and oxygen atoms in total. The molecule has 0 aromatic heterocycles.